The van der Waals surface area contributed by atoms with Crippen molar-refractivity contribution in [3.05, 3.63) is 72.9 Å². The van der Waals surface area contributed by atoms with Crippen LogP contribution in [0, 0.1) is 0 Å². The van der Waals surface area contributed by atoms with Crippen molar-refractivity contribution >= 4 is 25.7 Å². The van der Waals surface area contributed by atoms with Crippen LogP contribution in [0.25, 0.3) is 0 Å². The van der Waals surface area contributed by atoms with Gasteiger partial charge in [0, 0.05) is 12.8 Å². The van der Waals surface area contributed by atoms with Gasteiger partial charge in [0.25, 0.3) is 0 Å². The molecule has 0 aliphatic heterocycles. The lowest BCUT2D eigenvalue weighted by Crippen LogP contribution is -2.34. The largest absolute Gasteiger partial charge is 0.480 e. The molecule has 0 aromatic rings. The molecule has 0 amide bonds. The first-order valence-electron chi connectivity index (χ1n) is 22.0. The summed E-state index contributed by atoms with van der Waals surface area (Å²) in [6, 6.07) is -1.54. The lowest BCUT2D eigenvalue weighted by atomic mass is 10.1. The molecule has 0 aromatic carbocycles. The molecule has 0 heterocycles. The normalized spacial score (nSPS) is 14.4. The minimum absolute atomic E-state index is 0.0280. The van der Waals surface area contributed by atoms with E-state index >= 15 is 0 Å². The van der Waals surface area contributed by atoms with Crippen molar-refractivity contribution in [2.45, 2.75) is 180 Å². The van der Waals surface area contributed by atoms with Crippen molar-refractivity contribution in [2.24, 2.45) is 5.73 Å². The number of carbonyl (C=O) groups is 3. The second-order valence-corrected chi connectivity index (χ2v) is 15.9. The average Bonchev–Trinajstić information content (AvgIpc) is 3.20. The van der Waals surface area contributed by atoms with Gasteiger partial charge < -0.3 is 25.2 Å². The highest BCUT2D eigenvalue weighted by Crippen LogP contribution is 2.43. The molecule has 0 fully saturated rings. The number of esters is 2. The van der Waals surface area contributed by atoms with Gasteiger partial charge in [0.2, 0.25) is 0 Å². The lowest BCUT2D eigenvalue weighted by molar-refractivity contribution is -0.161. The van der Waals surface area contributed by atoms with Gasteiger partial charge in [-0.05, 0) is 64.2 Å². The van der Waals surface area contributed by atoms with E-state index in [1.807, 2.05) is 24.3 Å². The highest BCUT2D eigenvalue weighted by molar-refractivity contribution is 7.47. The van der Waals surface area contributed by atoms with Crippen molar-refractivity contribution < 1.29 is 47.5 Å². The molecule has 58 heavy (non-hydrogen) atoms. The summed E-state index contributed by atoms with van der Waals surface area (Å²) in [5, 5.41) is 8.88. The summed E-state index contributed by atoms with van der Waals surface area (Å²) in [6.45, 7) is 2.65. The number of rotatable bonds is 40. The van der Waals surface area contributed by atoms with Gasteiger partial charge in [-0.2, -0.15) is 0 Å². The van der Waals surface area contributed by atoms with Crippen molar-refractivity contribution in [2.75, 3.05) is 19.8 Å². The third-order valence-corrected chi connectivity index (χ3v) is 9.90. The number of nitrogens with two attached hydrogens (primary N) is 1. The van der Waals surface area contributed by atoms with Crippen LogP contribution >= 0.6 is 7.82 Å². The number of phosphoric acid groups is 1. The monoisotopic (exact) mass is 836 g/mol. The molecule has 0 aromatic heterocycles. The Balaban J connectivity index is 4.54. The lowest BCUT2D eigenvalue weighted by Gasteiger charge is -2.20. The van der Waals surface area contributed by atoms with E-state index in [4.69, 9.17) is 24.8 Å². The number of carbonyl (C=O) groups excluding carboxylic acids is 2. The number of unbranched alkanes of at least 4 members (excludes halogenated alkanes) is 14. The summed E-state index contributed by atoms with van der Waals surface area (Å²) >= 11 is 0. The van der Waals surface area contributed by atoms with Crippen LogP contribution in [0.1, 0.15) is 168 Å². The molecule has 11 nitrogen and oxygen atoms in total. The van der Waals surface area contributed by atoms with E-state index in [1.54, 1.807) is 0 Å². The fourth-order valence-corrected chi connectivity index (χ4v) is 6.25. The zero-order chi connectivity index (χ0) is 42.8. The number of allylic oxidation sites excluding steroid dienone is 12. The molecule has 3 atom stereocenters. The second kappa shape index (κ2) is 40.7. The van der Waals surface area contributed by atoms with Crippen molar-refractivity contribution in [3.8, 4) is 0 Å². The summed E-state index contributed by atoms with van der Waals surface area (Å²) in [5.41, 5.74) is 5.32. The number of ether oxygens (including phenoxy) is 2. The Labute approximate surface area is 350 Å². The molecular weight excluding hydrogens is 757 g/mol. The van der Waals surface area contributed by atoms with E-state index < -0.39 is 57.7 Å². The molecular formula is C46H78NO10P. The van der Waals surface area contributed by atoms with Crippen LogP contribution in [0.2, 0.25) is 0 Å². The van der Waals surface area contributed by atoms with Gasteiger partial charge in [-0.15, -0.1) is 0 Å². The topological polar surface area (TPSA) is 172 Å². The summed E-state index contributed by atoms with van der Waals surface area (Å²) in [7, 11) is -4.75. The smallest absolute Gasteiger partial charge is 0.472 e. The predicted octanol–water partition coefficient (Wildman–Crippen LogP) is 11.7. The molecule has 0 saturated heterocycles. The fourth-order valence-electron chi connectivity index (χ4n) is 5.48. The van der Waals surface area contributed by atoms with E-state index in [1.165, 1.54) is 83.5 Å². The van der Waals surface area contributed by atoms with Gasteiger partial charge >= 0.3 is 25.7 Å². The van der Waals surface area contributed by atoms with Crippen molar-refractivity contribution in [3.63, 3.8) is 0 Å². The Bertz CT molecular complexity index is 1260. The number of carboxylic acids is 1. The number of carboxylic acid groups (broad SMARTS) is 1. The van der Waals surface area contributed by atoms with Crippen molar-refractivity contribution in [1.82, 2.24) is 0 Å². The van der Waals surface area contributed by atoms with Crippen LogP contribution in [0.5, 0.6) is 0 Å². The molecule has 0 saturated carbocycles. The Morgan fingerprint density at radius 3 is 1.43 bits per heavy atom. The highest BCUT2D eigenvalue weighted by atomic mass is 31.2. The van der Waals surface area contributed by atoms with Crippen LogP contribution < -0.4 is 5.73 Å². The molecule has 332 valence electrons. The number of hydrogen-bond acceptors (Lipinski definition) is 9. The van der Waals surface area contributed by atoms with Gasteiger partial charge in [0.15, 0.2) is 6.10 Å². The Morgan fingerprint density at radius 2 is 0.914 bits per heavy atom. The first-order chi connectivity index (χ1) is 28.1. The van der Waals surface area contributed by atoms with E-state index in [0.717, 1.165) is 38.5 Å². The van der Waals surface area contributed by atoms with E-state index in [0.29, 0.717) is 19.3 Å². The second-order valence-electron chi connectivity index (χ2n) is 14.5. The van der Waals surface area contributed by atoms with Crippen LogP contribution in [0.3, 0.4) is 0 Å². The first-order valence-corrected chi connectivity index (χ1v) is 23.5. The minimum Gasteiger partial charge on any atom is -0.480 e. The van der Waals surface area contributed by atoms with E-state index in [9.17, 15) is 23.8 Å². The quantitative estimate of drug-likeness (QED) is 0.0232. The van der Waals surface area contributed by atoms with Gasteiger partial charge in [0.05, 0.1) is 13.2 Å². The maximum atomic E-state index is 12.6. The highest BCUT2D eigenvalue weighted by Gasteiger charge is 2.28. The maximum absolute atomic E-state index is 12.6. The third kappa shape index (κ3) is 39.7. The van der Waals surface area contributed by atoms with Gasteiger partial charge in [-0.3, -0.25) is 23.4 Å². The summed E-state index contributed by atoms with van der Waals surface area (Å²) < 4.78 is 32.5. The number of phosphoric ester groups is 1. The van der Waals surface area contributed by atoms with Crippen LogP contribution in [-0.2, 0) is 37.5 Å². The van der Waals surface area contributed by atoms with Crippen LogP contribution in [0.15, 0.2) is 72.9 Å². The SMILES string of the molecule is CCCCC/C=C/C/C=C/C/C=C/C/C=C/C/C=C/CCC(=O)O[C@H](COC(=O)CC/C=C/CCCCCCCCCCCCC)COP(=O)(O)OC[C@H](N)C(=O)O. The van der Waals surface area contributed by atoms with Crippen LogP contribution in [-0.4, -0.2) is 59.9 Å². The molecule has 0 aliphatic rings. The zero-order valence-corrected chi connectivity index (χ0v) is 36.8. The van der Waals surface area contributed by atoms with Gasteiger partial charge in [0.1, 0.15) is 12.6 Å². The van der Waals surface area contributed by atoms with E-state index in [-0.39, 0.29) is 12.8 Å². The van der Waals surface area contributed by atoms with E-state index in [2.05, 4.69) is 67.0 Å². The fraction of sp³-hybridized carbons (Fsp3) is 0.674. The minimum atomic E-state index is -4.75. The number of hydrogen-bond donors (Lipinski definition) is 3. The summed E-state index contributed by atoms with van der Waals surface area (Å²) in [4.78, 5) is 45.9. The first kappa shape index (κ1) is 54.9. The third-order valence-electron chi connectivity index (χ3n) is 8.95. The molecule has 0 spiro atoms. The Kier molecular flexibility index (Phi) is 38.5. The van der Waals surface area contributed by atoms with Crippen molar-refractivity contribution in [1.29, 1.82) is 0 Å². The summed E-state index contributed by atoms with van der Waals surface area (Å²) in [5.74, 6) is -2.55. The molecule has 4 N–H and O–H groups in total. The van der Waals surface area contributed by atoms with Gasteiger partial charge in [-0.1, -0.05) is 164 Å². The van der Waals surface area contributed by atoms with Crippen LogP contribution in [0.4, 0.5) is 0 Å². The molecule has 0 rings (SSSR count). The predicted molar refractivity (Wildman–Crippen MR) is 235 cm³/mol. The number of aliphatic carboxylic acids is 1. The molecule has 0 radical (unpaired) electrons. The van der Waals surface area contributed by atoms with Gasteiger partial charge in [-0.25, -0.2) is 4.57 Å². The Hall–Kier alpha value is -3.08. The molecule has 0 aliphatic carbocycles. The average molecular weight is 836 g/mol. The Morgan fingerprint density at radius 1 is 0.534 bits per heavy atom. The molecule has 0 bridgehead atoms. The summed E-state index contributed by atoms with van der Waals surface area (Å²) in [6.07, 6.45) is 48.5. The molecule has 1 unspecified atom stereocenters. The standard InChI is InChI=1S/C46H78NO10P/c1-3-5-7-9-11-13-15-17-19-20-21-22-24-26-28-30-32-34-36-38-45(49)57-42(40-55-58(52,53)56-41-43(47)46(50)51)39-54-44(48)37-35-33-31-29-27-25-23-18-16-14-12-10-8-6-4-2/h11,13,17,19,21-22,26,28,31-34,42-43H,3-10,12,14-16,18,20,23-25,27,29-30,35-41,47H2,1-2H3,(H,50,51)(H,52,53)/b13-11+,19-17+,22-21+,28-26+,33-31+,34-32+/t42-,43+/m1/s1. The maximum Gasteiger partial charge on any atom is 0.472 e. The zero-order valence-electron chi connectivity index (χ0n) is 35.9. The molecule has 12 heteroatoms.